The van der Waals surface area contributed by atoms with E-state index in [1.54, 1.807) is 0 Å². The molecule has 2 rings (SSSR count). The van der Waals surface area contributed by atoms with Gasteiger partial charge < -0.3 is 0 Å². The molecule has 0 radical (unpaired) electrons. The predicted molar refractivity (Wildman–Crippen MR) is 77.6 cm³/mol. The summed E-state index contributed by atoms with van der Waals surface area (Å²) in [5, 5.41) is 0.506. The first-order valence-electron chi connectivity index (χ1n) is 4.53. The summed E-state index contributed by atoms with van der Waals surface area (Å²) in [6.07, 6.45) is 0. The van der Waals surface area contributed by atoms with Crippen LogP contribution in [0.15, 0.2) is 28.7 Å². The molecule has 0 unspecified atom stereocenters. The van der Waals surface area contributed by atoms with Crippen LogP contribution in [-0.2, 0) is 0 Å². The average molecular weight is 409 g/mol. The van der Waals surface area contributed by atoms with Gasteiger partial charge in [0.1, 0.15) is 5.15 Å². The van der Waals surface area contributed by atoms with Crippen LogP contribution in [0.3, 0.4) is 0 Å². The van der Waals surface area contributed by atoms with Crippen molar-refractivity contribution in [3.63, 3.8) is 0 Å². The molecule has 1 aromatic heterocycles. The van der Waals surface area contributed by atoms with E-state index in [9.17, 15) is 0 Å². The molecular formula is C11H7BrClIN2. The van der Waals surface area contributed by atoms with Crippen molar-refractivity contribution in [2.24, 2.45) is 0 Å². The van der Waals surface area contributed by atoms with Crippen molar-refractivity contribution < 1.29 is 0 Å². The lowest BCUT2D eigenvalue weighted by Crippen LogP contribution is -1.96. The minimum absolute atomic E-state index is 0.506. The third-order valence-electron chi connectivity index (χ3n) is 2.08. The van der Waals surface area contributed by atoms with Gasteiger partial charge in [0.25, 0.3) is 0 Å². The molecule has 0 saturated heterocycles. The Labute approximate surface area is 121 Å². The Balaban J connectivity index is 2.52. The van der Waals surface area contributed by atoms with Gasteiger partial charge in [-0.15, -0.1) is 0 Å². The molecule has 0 aliphatic rings. The third kappa shape index (κ3) is 2.55. The fraction of sp³-hybridized carbons (Fsp3) is 0.0909. The second-order valence-electron chi connectivity index (χ2n) is 3.24. The van der Waals surface area contributed by atoms with Crippen molar-refractivity contribution in [2.45, 2.75) is 6.92 Å². The van der Waals surface area contributed by atoms with E-state index in [4.69, 9.17) is 11.6 Å². The van der Waals surface area contributed by atoms with E-state index < -0.39 is 0 Å². The Morgan fingerprint density at radius 2 is 1.81 bits per heavy atom. The number of aryl methyl sites for hydroxylation is 1. The molecule has 16 heavy (non-hydrogen) atoms. The van der Waals surface area contributed by atoms with Crippen LogP contribution >= 0.6 is 50.1 Å². The molecule has 0 aliphatic carbocycles. The van der Waals surface area contributed by atoms with Gasteiger partial charge in [-0.1, -0.05) is 39.7 Å². The van der Waals surface area contributed by atoms with Crippen LogP contribution in [0.4, 0.5) is 0 Å². The highest BCUT2D eigenvalue weighted by atomic mass is 127. The fourth-order valence-electron chi connectivity index (χ4n) is 1.25. The molecule has 5 heteroatoms. The fourth-order valence-corrected chi connectivity index (χ4v) is 1.97. The molecule has 0 spiro atoms. The van der Waals surface area contributed by atoms with Gasteiger partial charge in [0.15, 0.2) is 5.82 Å². The molecule has 0 saturated carbocycles. The number of halogens is 3. The van der Waals surface area contributed by atoms with Gasteiger partial charge >= 0.3 is 0 Å². The van der Waals surface area contributed by atoms with Gasteiger partial charge in [0.05, 0.1) is 9.26 Å². The smallest absolute Gasteiger partial charge is 0.161 e. The summed E-state index contributed by atoms with van der Waals surface area (Å²) < 4.78 is 1.93. The zero-order chi connectivity index (χ0) is 11.7. The van der Waals surface area contributed by atoms with E-state index in [0.29, 0.717) is 11.0 Å². The zero-order valence-electron chi connectivity index (χ0n) is 8.34. The first kappa shape index (κ1) is 12.3. The van der Waals surface area contributed by atoms with Crippen LogP contribution in [0.1, 0.15) is 5.69 Å². The molecule has 0 aliphatic heterocycles. The van der Waals surface area contributed by atoms with Crippen molar-refractivity contribution >= 4 is 50.1 Å². The third-order valence-corrected chi connectivity index (χ3v) is 4.49. The molecule has 0 atom stereocenters. The average Bonchev–Trinajstić information content (AvgIpc) is 2.26. The van der Waals surface area contributed by atoms with Gasteiger partial charge in [0.2, 0.25) is 0 Å². The van der Waals surface area contributed by atoms with E-state index in [1.165, 1.54) is 0 Å². The first-order valence-corrected chi connectivity index (χ1v) is 6.78. The molecule has 0 fully saturated rings. The maximum atomic E-state index is 6.03. The SMILES string of the molecule is Cc1nc(-c2ccc(Br)cc2)nc(Cl)c1I. The van der Waals surface area contributed by atoms with Crippen LogP contribution in [0.5, 0.6) is 0 Å². The maximum Gasteiger partial charge on any atom is 0.161 e. The number of hydrogen-bond acceptors (Lipinski definition) is 2. The quantitative estimate of drug-likeness (QED) is 0.513. The first-order chi connectivity index (χ1) is 7.58. The van der Waals surface area contributed by atoms with Crippen LogP contribution in [0, 0.1) is 10.5 Å². The van der Waals surface area contributed by atoms with E-state index in [-0.39, 0.29) is 0 Å². The van der Waals surface area contributed by atoms with E-state index in [1.807, 2.05) is 31.2 Å². The van der Waals surface area contributed by atoms with E-state index in [2.05, 4.69) is 48.5 Å². The Bertz CT molecular complexity index is 505. The highest BCUT2D eigenvalue weighted by molar-refractivity contribution is 14.1. The topological polar surface area (TPSA) is 25.8 Å². The predicted octanol–water partition coefficient (Wildman–Crippen LogP) is 4.47. The molecule has 0 bridgehead atoms. The second-order valence-corrected chi connectivity index (χ2v) is 5.60. The molecule has 0 N–H and O–H groups in total. The van der Waals surface area contributed by atoms with Crippen molar-refractivity contribution in [1.29, 1.82) is 0 Å². The Morgan fingerprint density at radius 3 is 2.38 bits per heavy atom. The van der Waals surface area contributed by atoms with Gasteiger partial charge in [-0.3, -0.25) is 0 Å². The molecule has 2 aromatic rings. The second kappa shape index (κ2) is 4.98. The van der Waals surface area contributed by atoms with Gasteiger partial charge in [-0.05, 0) is 41.6 Å². The van der Waals surface area contributed by atoms with Crippen molar-refractivity contribution in [3.05, 3.63) is 43.2 Å². The monoisotopic (exact) mass is 408 g/mol. The lowest BCUT2D eigenvalue weighted by atomic mass is 10.2. The summed E-state index contributed by atoms with van der Waals surface area (Å²) in [7, 11) is 0. The number of rotatable bonds is 1. The van der Waals surface area contributed by atoms with Crippen molar-refractivity contribution in [3.8, 4) is 11.4 Å². The lowest BCUT2D eigenvalue weighted by Gasteiger charge is -2.04. The molecule has 82 valence electrons. The maximum absolute atomic E-state index is 6.03. The lowest BCUT2D eigenvalue weighted by molar-refractivity contribution is 1.09. The van der Waals surface area contributed by atoms with Crippen LogP contribution in [0.2, 0.25) is 5.15 Å². The number of nitrogens with zero attached hydrogens (tertiary/aromatic N) is 2. The van der Waals surface area contributed by atoms with E-state index in [0.717, 1.165) is 19.3 Å². The molecule has 1 aromatic carbocycles. The standard InChI is InChI=1S/C11H7BrClIN2/c1-6-9(14)10(13)16-11(15-6)7-2-4-8(12)5-3-7/h2-5H,1H3. The normalized spacial score (nSPS) is 10.5. The molecule has 2 nitrogen and oxygen atoms in total. The van der Waals surface area contributed by atoms with Gasteiger partial charge in [-0.2, -0.15) is 0 Å². The largest absolute Gasteiger partial charge is 0.232 e. The molecule has 1 heterocycles. The van der Waals surface area contributed by atoms with E-state index >= 15 is 0 Å². The van der Waals surface area contributed by atoms with Gasteiger partial charge in [0, 0.05) is 10.0 Å². The number of aromatic nitrogens is 2. The Morgan fingerprint density at radius 1 is 1.19 bits per heavy atom. The Kier molecular flexibility index (Phi) is 3.81. The molecule has 0 amide bonds. The highest BCUT2D eigenvalue weighted by Gasteiger charge is 2.08. The zero-order valence-corrected chi connectivity index (χ0v) is 12.8. The van der Waals surface area contributed by atoms with Crippen LogP contribution < -0.4 is 0 Å². The van der Waals surface area contributed by atoms with Gasteiger partial charge in [-0.25, -0.2) is 9.97 Å². The summed E-state index contributed by atoms with van der Waals surface area (Å²) in [5.41, 5.74) is 1.86. The Hall–Kier alpha value is -0.200. The summed E-state index contributed by atoms with van der Waals surface area (Å²) in [5.74, 6) is 0.662. The minimum Gasteiger partial charge on any atom is -0.232 e. The summed E-state index contributed by atoms with van der Waals surface area (Å²) in [6, 6.07) is 7.84. The van der Waals surface area contributed by atoms with Crippen LogP contribution in [-0.4, -0.2) is 9.97 Å². The molecular weight excluding hydrogens is 402 g/mol. The summed E-state index contributed by atoms with van der Waals surface area (Å²) >= 11 is 11.6. The highest BCUT2D eigenvalue weighted by Crippen LogP contribution is 2.24. The number of benzene rings is 1. The van der Waals surface area contributed by atoms with Crippen molar-refractivity contribution in [2.75, 3.05) is 0 Å². The summed E-state index contributed by atoms with van der Waals surface area (Å²) in [6.45, 7) is 1.93. The minimum atomic E-state index is 0.506. The summed E-state index contributed by atoms with van der Waals surface area (Å²) in [4.78, 5) is 8.68. The number of hydrogen-bond donors (Lipinski definition) is 0. The van der Waals surface area contributed by atoms with Crippen molar-refractivity contribution in [1.82, 2.24) is 9.97 Å². The van der Waals surface area contributed by atoms with Crippen LogP contribution in [0.25, 0.3) is 11.4 Å².